The van der Waals surface area contributed by atoms with E-state index in [1.807, 2.05) is 6.92 Å². The fourth-order valence-corrected chi connectivity index (χ4v) is 1.50. The van der Waals surface area contributed by atoms with Gasteiger partial charge in [0, 0.05) is 0 Å². The van der Waals surface area contributed by atoms with Gasteiger partial charge in [-0.1, -0.05) is 43.5 Å². The molecule has 0 aliphatic carbocycles. The number of ether oxygens (including phenoxy) is 1. The molecule has 1 rings (SSSR count). The zero-order valence-corrected chi connectivity index (χ0v) is 11.0. The predicted octanol–water partition coefficient (Wildman–Crippen LogP) is 3.01. The first kappa shape index (κ1) is 14.5. The van der Waals surface area contributed by atoms with E-state index in [4.69, 9.17) is 16.3 Å². The minimum absolute atomic E-state index is 0.266. The van der Waals surface area contributed by atoms with Crippen molar-refractivity contribution in [2.75, 3.05) is 11.9 Å². The van der Waals surface area contributed by atoms with E-state index in [2.05, 4.69) is 5.32 Å². The molecule has 98 valence electrons. The molecule has 1 aromatic rings. The van der Waals surface area contributed by atoms with Crippen molar-refractivity contribution in [1.82, 2.24) is 0 Å². The van der Waals surface area contributed by atoms with Crippen molar-refractivity contribution in [2.45, 2.75) is 26.2 Å². The number of para-hydroxylation sites is 1. The van der Waals surface area contributed by atoms with Gasteiger partial charge in [0.05, 0.1) is 17.3 Å². The number of carbonyl (C=O) groups excluding carboxylic acids is 2. The van der Waals surface area contributed by atoms with E-state index in [9.17, 15) is 9.59 Å². The lowest BCUT2D eigenvalue weighted by Crippen LogP contribution is -2.25. The number of esters is 1. The Morgan fingerprint density at radius 3 is 2.67 bits per heavy atom. The van der Waals surface area contributed by atoms with E-state index in [0.29, 0.717) is 10.7 Å². The van der Waals surface area contributed by atoms with Crippen LogP contribution in [0.15, 0.2) is 24.3 Å². The summed E-state index contributed by atoms with van der Waals surface area (Å²) in [5.74, 6) is -1.69. The average Bonchev–Trinajstić information content (AvgIpc) is 2.37. The van der Waals surface area contributed by atoms with Gasteiger partial charge in [0.2, 0.25) is 0 Å². The van der Waals surface area contributed by atoms with E-state index < -0.39 is 11.9 Å². The molecule has 18 heavy (non-hydrogen) atoms. The second-order valence-electron chi connectivity index (χ2n) is 3.78. The molecule has 1 aromatic carbocycles. The molecule has 0 spiro atoms. The highest BCUT2D eigenvalue weighted by Crippen LogP contribution is 2.20. The number of benzene rings is 1. The molecule has 0 heterocycles. The Morgan fingerprint density at radius 2 is 2.00 bits per heavy atom. The van der Waals surface area contributed by atoms with Crippen LogP contribution in [-0.2, 0) is 14.3 Å². The minimum Gasteiger partial charge on any atom is -0.459 e. The van der Waals surface area contributed by atoms with Crippen LogP contribution in [0.25, 0.3) is 0 Å². The summed E-state index contributed by atoms with van der Waals surface area (Å²) in [6.45, 7) is 2.31. The van der Waals surface area contributed by atoms with Crippen molar-refractivity contribution in [3.05, 3.63) is 29.3 Å². The van der Waals surface area contributed by atoms with Gasteiger partial charge in [-0.2, -0.15) is 0 Å². The lowest BCUT2D eigenvalue weighted by molar-refractivity contribution is -0.152. The number of rotatable bonds is 5. The maximum absolute atomic E-state index is 11.5. The molecule has 0 saturated heterocycles. The molecule has 1 N–H and O–H groups in total. The normalized spacial score (nSPS) is 9.89. The fraction of sp³-hybridized carbons (Fsp3) is 0.385. The van der Waals surface area contributed by atoms with Crippen LogP contribution in [0, 0.1) is 0 Å². The molecular weight excluding hydrogens is 254 g/mol. The number of unbranched alkanes of at least 4 members (excludes halogenated alkanes) is 2. The van der Waals surface area contributed by atoms with E-state index in [1.54, 1.807) is 24.3 Å². The number of anilines is 1. The molecule has 0 bridgehead atoms. The van der Waals surface area contributed by atoms with E-state index in [0.717, 1.165) is 19.3 Å². The van der Waals surface area contributed by atoms with Crippen molar-refractivity contribution in [2.24, 2.45) is 0 Å². The van der Waals surface area contributed by atoms with Crippen LogP contribution in [0.3, 0.4) is 0 Å². The highest BCUT2D eigenvalue weighted by molar-refractivity contribution is 6.39. The molecule has 0 radical (unpaired) electrons. The Hall–Kier alpha value is -1.55. The summed E-state index contributed by atoms with van der Waals surface area (Å²) >= 11 is 5.85. The molecule has 0 unspecified atom stereocenters. The first-order chi connectivity index (χ1) is 8.65. The number of carbonyl (C=O) groups is 2. The van der Waals surface area contributed by atoms with Crippen molar-refractivity contribution in [1.29, 1.82) is 0 Å². The predicted molar refractivity (Wildman–Crippen MR) is 70.6 cm³/mol. The van der Waals surface area contributed by atoms with Crippen molar-refractivity contribution >= 4 is 29.2 Å². The Labute approximate surface area is 111 Å². The molecule has 0 saturated carbocycles. The standard InChI is InChI=1S/C13H16ClNO3/c1-2-3-6-9-18-13(17)12(16)15-11-8-5-4-7-10(11)14/h4-5,7-8H,2-3,6,9H2,1H3,(H,15,16). The second kappa shape index (κ2) is 7.71. The lowest BCUT2D eigenvalue weighted by atomic mass is 10.3. The zero-order chi connectivity index (χ0) is 13.4. The van der Waals surface area contributed by atoms with Gasteiger partial charge >= 0.3 is 11.9 Å². The third-order valence-corrected chi connectivity index (χ3v) is 2.62. The summed E-state index contributed by atoms with van der Waals surface area (Å²) in [7, 11) is 0. The molecule has 0 atom stereocenters. The van der Waals surface area contributed by atoms with Crippen LogP contribution in [0.4, 0.5) is 5.69 Å². The maximum Gasteiger partial charge on any atom is 0.397 e. The van der Waals surface area contributed by atoms with Gasteiger partial charge in [-0.15, -0.1) is 0 Å². The summed E-state index contributed by atoms with van der Waals surface area (Å²) in [5, 5.41) is 2.78. The average molecular weight is 270 g/mol. The van der Waals surface area contributed by atoms with Crippen LogP contribution in [-0.4, -0.2) is 18.5 Å². The third kappa shape index (κ3) is 4.75. The van der Waals surface area contributed by atoms with Crippen LogP contribution < -0.4 is 5.32 Å². The van der Waals surface area contributed by atoms with Gasteiger partial charge in [0.25, 0.3) is 0 Å². The first-order valence-corrected chi connectivity index (χ1v) is 6.25. The SMILES string of the molecule is CCCCCOC(=O)C(=O)Nc1ccccc1Cl. The van der Waals surface area contributed by atoms with Crippen molar-refractivity contribution in [3.8, 4) is 0 Å². The molecule has 1 amide bonds. The van der Waals surface area contributed by atoms with Gasteiger partial charge in [0.1, 0.15) is 0 Å². The topological polar surface area (TPSA) is 55.4 Å². The second-order valence-corrected chi connectivity index (χ2v) is 4.18. The summed E-state index contributed by atoms with van der Waals surface area (Å²) < 4.78 is 4.82. The minimum atomic E-state index is -0.883. The Kier molecular flexibility index (Phi) is 6.22. The summed E-state index contributed by atoms with van der Waals surface area (Å²) in [4.78, 5) is 22.8. The van der Waals surface area contributed by atoms with Crippen LogP contribution in [0.1, 0.15) is 26.2 Å². The molecule has 0 aromatic heterocycles. The molecule has 0 aliphatic rings. The van der Waals surface area contributed by atoms with Crippen LogP contribution >= 0.6 is 11.6 Å². The molecule has 4 nitrogen and oxygen atoms in total. The smallest absolute Gasteiger partial charge is 0.397 e. The van der Waals surface area contributed by atoms with Gasteiger partial charge in [-0.3, -0.25) is 4.79 Å². The Bertz CT molecular complexity index is 420. The Morgan fingerprint density at radius 1 is 1.28 bits per heavy atom. The molecule has 5 heteroatoms. The summed E-state index contributed by atoms with van der Waals surface area (Å²) in [5.41, 5.74) is 0.398. The first-order valence-electron chi connectivity index (χ1n) is 5.87. The highest BCUT2D eigenvalue weighted by atomic mass is 35.5. The fourth-order valence-electron chi connectivity index (χ4n) is 1.32. The molecule has 0 fully saturated rings. The molecule has 0 aliphatic heterocycles. The quantitative estimate of drug-likeness (QED) is 0.508. The maximum atomic E-state index is 11.5. The summed E-state index contributed by atoms with van der Waals surface area (Å²) in [6.07, 6.45) is 2.77. The number of halogens is 1. The summed E-state index contributed by atoms with van der Waals surface area (Å²) in [6, 6.07) is 6.70. The van der Waals surface area contributed by atoms with Crippen LogP contribution in [0.5, 0.6) is 0 Å². The largest absolute Gasteiger partial charge is 0.459 e. The van der Waals surface area contributed by atoms with Crippen molar-refractivity contribution < 1.29 is 14.3 Å². The number of hydrogen-bond acceptors (Lipinski definition) is 3. The number of nitrogens with one attached hydrogen (secondary N) is 1. The monoisotopic (exact) mass is 269 g/mol. The van der Waals surface area contributed by atoms with E-state index >= 15 is 0 Å². The van der Waals surface area contributed by atoms with Gasteiger partial charge in [-0.25, -0.2) is 4.79 Å². The highest BCUT2D eigenvalue weighted by Gasteiger charge is 2.16. The van der Waals surface area contributed by atoms with Gasteiger partial charge in [-0.05, 0) is 18.6 Å². The van der Waals surface area contributed by atoms with Crippen LogP contribution in [0.2, 0.25) is 5.02 Å². The third-order valence-electron chi connectivity index (χ3n) is 2.29. The van der Waals surface area contributed by atoms with E-state index in [-0.39, 0.29) is 6.61 Å². The Balaban J connectivity index is 2.41. The zero-order valence-electron chi connectivity index (χ0n) is 10.2. The van der Waals surface area contributed by atoms with Gasteiger partial charge < -0.3 is 10.1 Å². The van der Waals surface area contributed by atoms with E-state index in [1.165, 1.54) is 0 Å². The lowest BCUT2D eigenvalue weighted by Gasteiger charge is -2.06. The number of hydrogen-bond donors (Lipinski definition) is 1. The molecular formula is C13H16ClNO3. The van der Waals surface area contributed by atoms with Crippen molar-refractivity contribution in [3.63, 3.8) is 0 Å². The van der Waals surface area contributed by atoms with Gasteiger partial charge in [0.15, 0.2) is 0 Å². The number of amides is 1.